The van der Waals surface area contributed by atoms with E-state index in [-0.39, 0.29) is 23.8 Å². The number of benzene rings is 2. The molecule has 0 unspecified atom stereocenters. The number of thiazole rings is 1. The van der Waals surface area contributed by atoms with E-state index in [0.29, 0.717) is 17.3 Å². The number of anilines is 1. The molecule has 2 heterocycles. The Morgan fingerprint density at radius 1 is 1.05 bits per heavy atom. The molecule has 0 fully saturated rings. The first-order valence-electron chi connectivity index (χ1n) is 10.4. The second-order valence-corrected chi connectivity index (χ2v) is 11.3. The highest BCUT2D eigenvalue weighted by Gasteiger charge is 2.24. The van der Waals surface area contributed by atoms with Crippen LogP contribution in [0.15, 0.2) is 56.4 Å². The van der Waals surface area contributed by atoms with Gasteiger partial charge < -0.3 is 5.73 Å². The molecule has 0 aliphatic rings. The second-order valence-electron chi connectivity index (χ2n) is 7.48. The van der Waals surface area contributed by atoms with E-state index >= 15 is 0 Å². The normalized spacial score (nSPS) is 12.6. The van der Waals surface area contributed by atoms with Gasteiger partial charge in [0.25, 0.3) is 20.2 Å². The molecule has 14 nitrogen and oxygen atoms in total. The number of nitrogens with zero attached hydrogens (tertiary/aromatic N) is 5. The summed E-state index contributed by atoms with van der Waals surface area (Å²) in [5.41, 5.74) is 7.55. The highest BCUT2D eigenvalue weighted by Crippen LogP contribution is 2.35. The predicted octanol–water partition coefficient (Wildman–Crippen LogP) is 3.75. The first-order valence-corrected chi connectivity index (χ1v) is 14.1. The fraction of sp³-hybridized carbons (Fsp3) is 0.200. The van der Waals surface area contributed by atoms with Crippen LogP contribution in [0.3, 0.4) is 0 Å². The molecule has 4 aromatic rings. The molecule has 2 aromatic carbocycles. The Kier molecular flexibility index (Phi) is 7.38. The standard InChI is InChI=1S/C20H20N6O8S3/c1-3-33-34-10-12-4-6-14-16(8-12)35-20(22-14)24-23-18-11(2)25-26(19(18)21)15-9-13(36(27,28)29)5-7-17(15)37(30,31)32/h4-9H,3,10,21H2,1-2H3,(H,27,28,29)(H,30,31,32). The Labute approximate surface area is 214 Å². The summed E-state index contributed by atoms with van der Waals surface area (Å²) in [5, 5.41) is 12.6. The molecular weight excluding hydrogens is 548 g/mol. The highest BCUT2D eigenvalue weighted by molar-refractivity contribution is 7.86. The second kappa shape index (κ2) is 10.2. The molecule has 0 aliphatic carbocycles. The van der Waals surface area contributed by atoms with Gasteiger partial charge in [-0.1, -0.05) is 17.4 Å². The van der Waals surface area contributed by atoms with E-state index in [2.05, 4.69) is 20.3 Å². The molecule has 37 heavy (non-hydrogen) atoms. The van der Waals surface area contributed by atoms with Gasteiger partial charge in [-0.3, -0.25) is 9.11 Å². The zero-order chi connectivity index (χ0) is 27.0. The lowest BCUT2D eigenvalue weighted by molar-refractivity contribution is -0.300. The van der Waals surface area contributed by atoms with E-state index in [4.69, 9.17) is 15.5 Å². The molecule has 0 amide bonds. The smallest absolute Gasteiger partial charge is 0.296 e. The summed E-state index contributed by atoms with van der Waals surface area (Å²) in [6.07, 6.45) is 0. The lowest BCUT2D eigenvalue weighted by atomic mass is 10.2. The van der Waals surface area contributed by atoms with Crippen molar-refractivity contribution in [2.75, 3.05) is 12.3 Å². The number of nitrogen functional groups attached to an aromatic ring is 1. The highest BCUT2D eigenvalue weighted by atomic mass is 32.2. The van der Waals surface area contributed by atoms with E-state index in [1.54, 1.807) is 6.07 Å². The quantitative estimate of drug-likeness (QED) is 0.0870. The molecule has 2 aromatic heterocycles. The van der Waals surface area contributed by atoms with Crippen molar-refractivity contribution < 1.29 is 35.7 Å². The summed E-state index contributed by atoms with van der Waals surface area (Å²) in [6.45, 7) is 4.02. The fourth-order valence-corrected chi connectivity index (χ4v) is 5.26. The van der Waals surface area contributed by atoms with Crippen molar-refractivity contribution in [1.29, 1.82) is 0 Å². The molecular formula is C20H20N6O8S3. The van der Waals surface area contributed by atoms with E-state index in [1.165, 1.54) is 18.3 Å². The van der Waals surface area contributed by atoms with Gasteiger partial charge in [-0.05, 0) is 49.7 Å². The minimum Gasteiger partial charge on any atom is -0.382 e. The fourth-order valence-electron chi connectivity index (χ4n) is 3.26. The van der Waals surface area contributed by atoms with Gasteiger partial charge in [-0.2, -0.15) is 21.9 Å². The first-order chi connectivity index (χ1) is 17.4. The summed E-state index contributed by atoms with van der Waals surface area (Å²) >= 11 is 1.25. The average Bonchev–Trinajstić information content (AvgIpc) is 3.35. The summed E-state index contributed by atoms with van der Waals surface area (Å²) in [7, 11) is -9.52. The van der Waals surface area contributed by atoms with Crippen molar-refractivity contribution in [3.05, 3.63) is 47.7 Å². The van der Waals surface area contributed by atoms with Crippen molar-refractivity contribution in [3.63, 3.8) is 0 Å². The van der Waals surface area contributed by atoms with Gasteiger partial charge >= 0.3 is 0 Å². The Morgan fingerprint density at radius 3 is 2.49 bits per heavy atom. The van der Waals surface area contributed by atoms with Crippen LogP contribution in [0, 0.1) is 6.92 Å². The Morgan fingerprint density at radius 2 is 1.81 bits per heavy atom. The minimum atomic E-state index is -4.82. The van der Waals surface area contributed by atoms with Crippen LogP contribution in [0.4, 0.5) is 16.6 Å². The third-order valence-electron chi connectivity index (χ3n) is 4.90. The average molecular weight is 569 g/mol. The summed E-state index contributed by atoms with van der Waals surface area (Å²) in [6, 6.07) is 7.94. The molecule has 4 rings (SSSR count). The number of hydrogen-bond donors (Lipinski definition) is 3. The van der Waals surface area contributed by atoms with Crippen LogP contribution in [0.25, 0.3) is 15.9 Å². The van der Waals surface area contributed by atoms with Crippen LogP contribution >= 0.6 is 11.3 Å². The van der Waals surface area contributed by atoms with Crippen molar-refractivity contribution in [3.8, 4) is 5.69 Å². The Balaban J connectivity index is 1.71. The topological polar surface area (TPSA) is 209 Å². The largest absolute Gasteiger partial charge is 0.382 e. The summed E-state index contributed by atoms with van der Waals surface area (Å²) in [4.78, 5) is 13.0. The lowest BCUT2D eigenvalue weighted by Crippen LogP contribution is -2.11. The van der Waals surface area contributed by atoms with Gasteiger partial charge in [0.05, 0.1) is 33.1 Å². The van der Waals surface area contributed by atoms with E-state index in [1.807, 2.05) is 19.1 Å². The molecule has 17 heteroatoms. The maximum atomic E-state index is 11.9. The SMILES string of the molecule is CCOOCc1ccc2nc(N=Nc3c(C)nn(-c4cc(S(=O)(=O)O)ccc4S(=O)(=O)O)c3N)sc2c1. The number of rotatable bonds is 9. The number of aromatic nitrogens is 3. The molecule has 0 bridgehead atoms. The zero-order valence-corrected chi connectivity index (χ0v) is 21.7. The van der Waals surface area contributed by atoms with Crippen LogP contribution in [0.5, 0.6) is 0 Å². The van der Waals surface area contributed by atoms with Crippen LogP contribution in [0.1, 0.15) is 18.2 Å². The zero-order valence-electron chi connectivity index (χ0n) is 19.3. The number of hydrogen-bond acceptors (Lipinski definition) is 12. The predicted molar refractivity (Wildman–Crippen MR) is 133 cm³/mol. The van der Waals surface area contributed by atoms with Crippen molar-refractivity contribution in [2.24, 2.45) is 10.2 Å². The molecule has 0 saturated heterocycles. The van der Waals surface area contributed by atoms with Gasteiger partial charge in [0.15, 0.2) is 11.5 Å². The van der Waals surface area contributed by atoms with Gasteiger partial charge in [0, 0.05) is 0 Å². The number of fused-ring (bicyclic) bond motifs is 1. The van der Waals surface area contributed by atoms with Crippen LogP contribution < -0.4 is 5.73 Å². The maximum Gasteiger partial charge on any atom is 0.296 e. The van der Waals surface area contributed by atoms with E-state index in [0.717, 1.165) is 33.1 Å². The van der Waals surface area contributed by atoms with Crippen LogP contribution in [-0.4, -0.2) is 47.3 Å². The van der Waals surface area contributed by atoms with Crippen molar-refractivity contribution in [2.45, 2.75) is 30.2 Å². The minimum absolute atomic E-state index is 0.0589. The molecule has 0 atom stereocenters. The third kappa shape index (κ3) is 5.82. The lowest BCUT2D eigenvalue weighted by Gasteiger charge is -2.10. The Bertz CT molecular complexity index is 1730. The molecule has 0 aliphatic heterocycles. The molecule has 0 spiro atoms. The summed E-state index contributed by atoms with van der Waals surface area (Å²) < 4.78 is 67.6. The monoisotopic (exact) mass is 568 g/mol. The number of nitrogens with two attached hydrogens (primary N) is 1. The number of aryl methyl sites for hydroxylation is 1. The van der Waals surface area contributed by atoms with Crippen LogP contribution in [0.2, 0.25) is 0 Å². The molecule has 0 saturated carbocycles. The van der Waals surface area contributed by atoms with E-state index in [9.17, 15) is 25.9 Å². The molecule has 0 radical (unpaired) electrons. The van der Waals surface area contributed by atoms with Crippen molar-refractivity contribution >= 4 is 58.4 Å². The first kappa shape index (κ1) is 26.7. The maximum absolute atomic E-state index is 11.9. The Hall–Kier alpha value is -3.32. The van der Waals surface area contributed by atoms with Crippen LogP contribution in [-0.2, 0) is 36.6 Å². The summed E-state index contributed by atoms with van der Waals surface area (Å²) in [5.74, 6) is -0.199. The van der Waals surface area contributed by atoms with Gasteiger partial charge in [0.1, 0.15) is 11.5 Å². The van der Waals surface area contributed by atoms with Gasteiger partial charge in [-0.25, -0.2) is 19.4 Å². The van der Waals surface area contributed by atoms with Gasteiger partial charge in [0.2, 0.25) is 5.13 Å². The molecule has 196 valence electrons. The number of azo groups is 1. The van der Waals surface area contributed by atoms with Gasteiger partial charge in [-0.15, -0.1) is 10.2 Å². The van der Waals surface area contributed by atoms with E-state index < -0.39 is 35.7 Å². The van der Waals surface area contributed by atoms with Crippen molar-refractivity contribution in [1.82, 2.24) is 14.8 Å². The molecule has 4 N–H and O–H groups in total. The third-order valence-corrected chi connectivity index (χ3v) is 7.55.